The second-order valence-corrected chi connectivity index (χ2v) is 6.01. The summed E-state index contributed by atoms with van der Waals surface area (Å²) in [5, 5.41) is 4.21. The highest BCUT2D eigenvalue weighted by Gasteiger charge is 2.33. The van der Waals surface area contributed by atoms with Crippen LogP contribution < -0.4 is 4.90 Å². The second kappa shape index (κ2) is 6.05. The fourth-order valence-corrected chi connectivity index (χ4v) is 3.24. The van der Waals surface area contributed by atoms with Gasteiger partial charge in [-0.25, -0.2) is 0 Å². The standard InChI is InChI=1S/C15H24N4O2/c1-12-14(4-3-9-21-12)15(20)19-7-5-18(6-8-19)13-10-16-17(2)11-13/h10-12,14H,3-9H2,1-2H3/t12-,14+/m0/s1. The van der Waals surface area contributed by atoms with Gasteiger partial charge < -0.3 is 14.5 Å². The Kier molecular flexibility index (Phi) is 4.14. The minimum absolute atomic E-state index is 0.0451. The van der Waals surface area contributed by atoms with E-state index in [9.17, 15) is 4.79 Å². The molecule has 2 fully saturated rings. The molecule has 0 bridgehead atoms. The number of anilines is 1. The van der Waals surface area contributed by atoms with E-state index in [0.717, 1.165) is 51.3 Å². The first-order valence-electron chi connectivity index (χ1n) is 7.79. The van der Waals surface area contributed by atoms with Gasteiger partial charge in [-0.1, -0.05) is 0 Å². The smallest absolute Gasteiger partial charge is 0.228 e. The molecule has 3 rings (SSSR count). The molecule has 1 aromatic rings. The van der Waals surface area contributed by atoms with Crippen LogP contribution in [-0.2, 0) is 16.6 Å². The number of aromatic nitrogens is 2. The first-order valence-corrected chi connectivity index (χ1v) is 7.79. The van der Waals surface area contributed by atoms with Crippen LogP contribution in [0.2, 0.25) is 0 Å². The van der Waals surface area contributed by atoms with Crippen molar-refractivity contribution in [3.8, 4) is 0 Å². The average molecular weight is 292 g/mol. The molecule has 1 amide bonds. The second-order valence-electron chi connectivity index (χ2n) is 6.01. The Balaban J connectivity index is 1.56. The van der Waals surface area contributed by atoms with Crippen LogP contribution in [0.25, 0.3) is 0 Å². The number of rotatable bonds is 2. The van der Waals surface area contributed by atoms with Crippen LogP contribution in [0.5, 0.6) is 0 Å². The molecular weight excluding hydrogens is 268 g/mol. The maximum atomic E-state index is 12.6. The minimum atomic E-state index is 0.0451. The first-order chi connectivity index (χ1) is 10.1. The summed E-state index contributed by atoms with van der Waals surface area (Å²) in [4.78, 5) is 16.9. The summed E-state index contributed by atoms with van der Waals surface area (Å²) in [6.07, 6.45) is 5.92. The lowest BCUT2D eigenvalue weighted by Gasteiger charge is -2.38. The number of hydrogen-bond acceptors (Lipinski definition) is 4. The van der Waals surface area contributed by atoms with Gasteiger partial charge in [0.25, 0.3) is 0 Å². The summed E-state index contributed by atoms with van der Waals surface area (Å²) in [5.41, 5.74) is 1.14. The van der Waals surface area contributed by atoms with E-state index in [1.807, 2.05) is 35.9 Å². The number of carbonyl (C=O) groups is 1. The zero-order valence-corrected chi connectivity index (χ0v) is 12.9. The van der Waals surface area contributed by atoms with E-state index in [4.69, 9.17) is 4.74 Å². The first kappa shape index (κ1) is 14.4. The molecule has 0 unspecified atom stereocenters. The summed E-state index contributed by atoms with van der Waals surface area (Å²) >= 11 is 0. The number of hydrogen-bond donors (Lipinski definition) is 0. The Morgan fingerprint density at radius 3 is 2.71 bits per heavy atom. The normalized spacial score (nSPS) is 27.0. The quantitative estimate of drug-likeness (QED) is 0.812. The van der Waals surface area contributed by atoms with Crippen molar-refractivity contribution in [1.29, 1.82) is 0 Å². The van der Waals surface area contributed by atoms with Gasteiger partial charge in [0.1, 0.15) is 0 Å². The Morgan fingerprint density at radius 2 is 2.10 bits per heavy atom. The molecule has 0 aromatic carbocycles. The molecule has 2 saturated heterocycles. The van der Waals surface area contributed by atoms with Crippen molar-refractivity contribution in [2.45, 2.75) is 25.9 Å². The van der Waals surface area contributed by atoms with Crippen LogP contribution in [0.15, 0.2) is 12.4 Å². The molecule has 0 N–H and O–H groups in total. The van der Waals surface area contributed by atoms with Gasteiger partial charge in [0.05, 0.1) is 23.9 Å². The van der Waals surface area contributed by atoms with Gasteiger partial charge in [-0.15, -0.1) is 0 Å². The van der Waals surface area contributed by atoms with E-state index in [1.165, 1.54) is 0 Å². The highest BCUT2D eigenvalue weighted by molar-refractivity contribution is 5.79. The lowest BCUT2D eigenvalue weighted by atomic mass is 9.93. The van der Waals surface area contributed by atoms with E-state index in [-0.39, 0.29) is 17.9 Å². The number of piperazine rings is 1. The van der Waals surface area contributed by atoms with Crippen molar-refractivity contribution >= 4 is 11.6 Å². The van der Waals surface area contributed by atoms with Gasteiger partial charge in [-0.3, -0.25) is 9.48 Å². The lowest BCUT2D eigenvalue weighted by Crippen LogP contribution is -2.52. The van der Waals surface area contributed by atoms with Crippen LogP contribution in [0.4, 0.5) is 5.69 Å². The molecule has 2 aliphatic rings. The monoisotopic (exact) mass is 292 g/mol. The highest BCUT2D eigenvalue weighted by Crippen LogP contribution is 2.24. The SMILES string of the molecule is C[C@@H]1OCCC[C@H]1C(=O)N1CCN(c2cnn(C)c2)CC1. The maximum absolute atomic E-state index is 12.6. The number of carbonyl (C=O) groups excluding carboxylic acids is 1. The summed E-state index contributed by atoms with van der Waals surface area (Å²) in [6.45, 7) is 6.14. The van der Waals surface area contributed by atoms with Crippen molar-refractivity contribution < 1.29 is 9.53 Å². The molecule has 2 aliphatic heterocycles. The van der Waals surface area contributed by atoms with E-state index >= 15 is 0 Å². The zero-order chi connectivity index (χ0) is 14.8. The van der Waals surface area contributed by atoms with E-state index in [1.54, 1.807) is 0 Å². The summed E-state index contributed by atoms with van der Waals surface area (Å²) in [5.74, 6) is 0.316. The summed E-state index contributed by atoms with van der Waals surface area (Å²) in [6, 6.07) is 0. The van der Waals surface area contributed by atoms with E-state index in [0.29, 0.717) is 0 Å². The predicted molar refractivity (Wildman–Crippen MR) is 80.1 cm³/mol. The van der Waals surface area contributed by atoms with E-state index in [2.05, 4.69) is 10.00 Å². The fourth-order valence-electron chi connectivity index (χ4n) is 3.24. The molecule has 0 saturated carbocycles. The Labute approximate surface area is 125 Å². The van der Waals surface area contributed by atoms with Crippen LogP contribution in [-0.4, -0.2) is 59.5 Å². The summed E-state index contributed by atoms with van der Waals surface area (Å²) < 4.78 is 7.44. The van der Waals surface area contributed by atoms with Crippen molar-refractivity contribution in [3.05, 3.63) is 12.4 Å². The number of nitrogens with zero attached hydrogens (tertiary/aromatic N) is 4. The highest BCUT2D eigenvalue weighted by atomic mass is 16.5. The zero-order valence-electron chi connectivity index (χ0n) is 12.9. The molecule has 0 spiro atoms. The Bertz CT molecular complexity index is 494. The topological polar surface area (TPSA) is 50.6 Å². The van der Waals surface area contributed by atoms with Gasteiger partial charge in [-0.05, 0) is 19.8 Å². The van der Waals surface area contributed by atoms with E-state index < -0.39 is 0 Å². The average Bonchev–Trinajstić information content (AvgIpc) is 2.94. The Hall–Kier alpha value is -1.56. The molecule has 116 valence electrons. The Morgan fingerprint density at radius 1 is 1.33 bits per heavy atom. The third kappa shape index (κ3) is 3.05. The van der Waals surface area contributed by atoms with Crippen molar-refractivity contribution in [2.24, 2.45) is 13.0 Å². The van der Waals surface area contributed by atoms with Crippen LogP contribution in [0.3, 0.4) is 0 Å². The fraction of sp³-hybridized carbons (Fsp3) is 0.733. The molecule has 21 heavy (non-hydrogen) atoms. The largest absolute Gasteiger partial charge is 0.378 e. The van der Waals surface area contributed by atoms with Crippen LogP contribution in [0, 0.1) is 5.92 Å². The van der Waals surface area contributed by atoms with Gasteiger partial charge >= 0.3 is 0 Å². The molecular formula is C15H24N4O2. The molecule has 1 aromatic heterocycles. The number of aryl methyl sites for hydroxylation is 1. The van der Waals surface area contributed by atoms with Crippen molar-refractivity contribution in [1.82, 2.24) is 14.7 Å². The predicted octanol–water partition coefficient (Wildman–Crippen LogP) is 0.884. The maximum Gasteiger partial charge on any atom is 0.228 e. The van der Waals surface area contributed by atoms with Crippen molar-refractivity contribution in [3.63, 3.8) is 0 Å². The third-order valence-electron chi connectivity index (χ3n) is 4.57. The van der Waals surface area contributed by atoms with Gasteiger partial charge in [0.15, 0.2) is 0 Å². The van der Waals surface area contributed by atoms with Crippen LogP contribution in [0.1, 0.15) is 19.8 Å². The molecule has 6 nitrogen and oxygen atoms in total. The number of ether oxygens (including phenoxy) is 1. The summed E-state index contributed by atoms with van der Waals surface area (Å²) in [7, 11) is 1.92. The van der Waals surface area contributed by atoms with Gasteiger partial charge in [0.2, 0.25) is 5.91 Å². The van der Waals surface area contributed by atoms with Gasteiger partial charge in [-0.2, -0.15) is 5.10 Å². The van der Waals surface area contributed by atoms with Crippen molar-refractivity contribution in [2.75, 3.05) is 37.7 Å². The molecule has 0 radical (unpaired) electrons. The third-order valence-corrected chi connectivity index (χ3v) is 4.57. The minimum Gasteiger partial charge on any atom is -0.378 e. The lowest BCUT2D eigenvalue weighted by molar-refractivity contribution is -0.144. The molecule has 6 heteroatoms. The number of amides is 1. The van der Waals surface area contributed by atoms with Gasteiger partial charge in [0, 0.05) is 46.0 Å². The molecule has 3 heterocycles. The van der Waals surface area contributed by atoms with Crippen LogP contribution >= 0.6 is 0 Å². The molecule has 2 atom stereocenters. The molecule has 0 aliphatic carbocycles.